The van der Waals surface area contributed by atoms with E-state index in [4.69, 9.17) is 11.1 Å². The van der Waals surface area contributed by atoms with Gasteiger partial charge in [-0.25, -0.2) is 0 Å². The monoisotopic (exact) mass is 179 g/mol. The standard InChI is InChI=1S/C8H13N5/c1-13(6-4-7(9)10)8-3-2-5-11-12-8/h2-3,5H,4,6H2,1H3,(H3,9,10). The highest BCUT2D eigenvalue weighted by molar-refractivity contribution is 5.77. The van der Waals surface area contributed by atoms with Gasteiger partial charge < -0.3 is 10.6 Å². The summed E-state index contributed by atoms with van der Waals surface area (Å²) >= 11 is 0. The Labute approximate surface area is 77.1 Å². The smallest absolute Gasteiger partial charge is 0.150 e. The van der Waals surface area contributed by atoms with Crippen molar-refractivity contribution in [1.29, 1.82) is 5.41 Å². The van der Waals surface area contributed by atoms with Gasteiger partial charge in [0.1, 0.15) is 0 Å². The molecule has 3 N–H and O–H groups in total. The predicted molar refractivity (Wildman–Crippen MR) is 51.8 cm³/mol. The number of amidine groups is 1. The third-order valence-electron chi connectivity index (χ3n) is 1.67. The molecule has 1 aromatic heterocycles. The largest absolute Gasteiger partial charge is 0.388 e. The van der Waals surface area contributed by atoms with E-state index < -0.39 is 0 Å². The molecule has 0 aromatic carbocycles. The van der Waals surface area contributed by atoms with Crippen molar-refractivity contribution in [2.75, 3.05) is 18.5 Å². The second kappa shape index (κ2) is 4.39. The van der Waals surface area contributed by atoms with Crippen molar-refractivity contribution in [3.63, 3.8) is 0 Å². The van der Waals surface area contributed by atoms with Crippen LogP contribution in [0.1, 0.15) is 6.42 Å². The molecule has 5 nitrogen and oxygen atoms in total. The van der Waals surface area contributed by atoms with E-state index in [1.54, 1.807) is 6.20 Å². The number of nitrogens with zero attached hydrogens (tertiary/aromatic N) is 3. The Morgan fingerprint density at radius 3 is 3.00 bits per heavy atom. The Morgan fingerprint density at radius 1 is 1.69 bits per heavy atom. The third-order valence-corrected chi connectivity index (χ3v) is 1.67. The summed E-state index contributed by atoms with van der Waals surface area (Å²) in [6.07, 6.45) is 2.18. The fraction of sp³-hybridized carbons (Fsp3) is 0.375. The molecule has 5 heteroatoms. The number of rotatable bonds is 4. The van der Waals surface area contributed by atoms with Crippen LogP contribution in [0, 0.1) is 5.41 Å². The fourth-order valence-corrected chi connectivity index (χ4v) is 0.900. The van der Waals surface area contributed by atoms with Crippen molar-refractivity contribution in [3.05, 3.63) is 18.3 Å². The van der Waals surface area contributed by atoms with E-state index in [-0.39, 0.29) is 5.84 Å². The van der Waals surface area contributed by atoms with E-state index in [0.29, 0.717) is 13.0 Å². The topological polar surface area (TPSA) is 78.9 Å². The quantitative estimate of drug-likeness (QED) is 0.512. The van der Waals surface area contributed by atoms with Crippen LogP contribution >= 0.6 is 0 Å². The lowest BCUT2D eigenvalue weighted by Crippen LogP contribution is -2.24. The van der Waals surface area contributed by atoms with E-state index in [2.05, 4.69) is 10.2 Å². The Hall–Kier alpha value is -1.65. The zero-order chi connectivity index (χ0) is 9.68. The van der Waals surface area contributed by atoms with Gasteiger partial charge >= 0.3 is 0 Å². The Bertz CT molecular complexity index is 271. The molecular formula is C8H13N5. The molecule has 0 unspecified atom stereocenters. The van der Waals surface area contributed by atoms with Crippen LogP contribution in [-0.4, -0.2) is 29.6 Å². The van der Waals surface area contributed by atoms with Crippen LogP contribution in [0.2, 0.25) is 0 Å². The Morgan fingerprint density at radius 2 is 2.46 bits per heavy atom. The van der Waals surface area contributed by atoms with Crippen molar-refractivity contribution in [3.8, 4) is 0 Å². The van der Waals surface area contributed by atoms with Gasteiger partial charge in [0.2, 0.25) is 0 Å². The van der Waals surface area contributed by atoms with E-state index in [1.807, 2.05) is 24.1 Å². The highest BCUT2D eigenvalue weighted by atomic mass is 15.2. The van der Waals surface area contributed by atoms with Crippen LogP contribution in [0.5, 0.6) is 0 Å². The lowest BCUT2D eigenvalue weighted by Gasteiger charge is -2.16. The normalized spacial score (nSPS) is 9.62. The molecule has 0 saturated heterocycles. The van der Waals surface area contributed by atoms with Crippen molar-refractivity contribution < 1.29 is 0 Å². The van der Waals surface area contributed by atoms with Gasteiger partial charge in [-0.2, -0.15) is 5.10 Å². The minimum absolute atomic E-state index is 0.191. The van der Waals surface area contributed by atoms with Crippen LogP contribution in [0.4, 0.5) is 5.82 Å². The maximum absolute atomic E-state index is 7.07. The molecule has 0 radical (unpaired) electrons. The number of hydrogen-bond acceptors (Lipinski definition) is 4. The van der Waals surface area contributed by atoms with Gasteiger partial charge in [-0.05, 0) is 12.1 Å². The molecule has 1 heterocycles. The Balaban J connectivity index is 2.49. The highest BCUT2D eigenvalue weighted by Crippen LogP contribution is 2.04. The minimum atomic E-state index is 0.191. The summed E-state index contributed by atoms with van der Waals surface area (Å²) < 4.78 is 0. The van der Waals surface area contributed by atoms with Crippen LogP contribution in [0.15, 0.2) is 18.3 Å². The molecule has 0 aliphatic carbocycles. The van der Waals surface area contributed by atoms with E-state index in [9.17, 15) is 0 Å². The van der Waals surface area contributed by atoms with Gasteiger partial charge in [-0.1, -0.05) is 0 Å². The lowest BCUT2D eigenvalue weighted by atomic mass is 10.3. The Kier molecular flexibility index (Phi) is 3.19. The van der Waals surface area contributed by atoms with Gasteiger partial charge in [-0.15, -0.1) is 5.10 Å². The van der Waals surface area contributed by atoms with E-state index in [0.717, 1.165) is 5.82 Å². The summed E-state index contributed by atoms with van der Waals surface area (Å²) in [5.74, 6) is 0.986. The molecule has 0 amide bonds. The first-order valence-corrected chi connectivity index (χ1v) is 4.02. The maximum Gasteiger partial charge on any atom is 0.150 e. The molecule has 0 saturated carbocycles. The number of aromatic nitrogens is 2. The molecule has 0 spiro atoms. The summed E-state index contributed by atoms with van der Waals surface area (Å²) in [5, 5.41) is 14.7. The first kappa shape index (κ1) is 9.44. The summed E-state index contributed by atoms with van der Waals surface area (Å²) in [6, 6.07) is 3.69. The van der Waals surface area contributed by atoms with E-state index >= 15 is 0 Å². The first-order chi connectivity index (χ1) is 6.20. The molecule has 0 aliphatic heterocycles. The summed E-state index contributed by atoms with van der Waals surface area (Å²) in [5.41, 5.74) is 5.24. The summed E-state index contributed by atoms with van der Waals surface area (Å²) in [6.45, 7) is 0.689. The third kappa shape index (κ3) is 3.06. The second-order valence-electron chi connectivity index (χ2n) is 2.78. The average Bonchev–Trinajstić information content (AvgIpc) is 2.15. The van der Waals surface area contributed by atoms with Gasteiger partial charge in [-0.3, -0.25) is 5.41 Å². The second-order valence-corrected chi connectivity index (χ2v) is 2.78. The fourth-order valence-electron chi connectivity index (χ4n) is 0.900. The molecular weight excluding hydrogens is 166 g/mol. The van der Waals surface area contributed by atoms with Crippen molar-refractivity contribution >= 4 is 11.7 Å². The lowest BCUT2D eigenvalue weighted by molar-refractivity contribution is 0.863. The van der Waals surface area contributed by atoms with Crippen LogP contribution in [-0.2, 0) is 0 Å². The molecule has 0 fully saturated rings. The molecule has 0 bridgehead atoms. The van der Waals surface area contributed by atoms with Crippen LogP contribution in [0.3, 0.4) is 0 Å². The minimum Gasteiger partial charge on any atom is -0.388 e. The number of anilines is 1. The zero-order valence-corrected chi connectivity index (χ0v) is 7.57. The zero-order valence-electron chi connectivity index (χ0n) is 7.57. The highest BCUT2D eigenvalue weighted by Gasteiger charge is 2.01. The number of nitrogens with one attached hydrogen (secondary N) is 1. The van der Waals surface area contributed by atoms with Gasteiger partial charge in [0.25, 0.3) is 0 Å². The average molecular weight is 179 g/mol. The molecule has 1 aromatic rings. The van der Waals surface area contributed by atoms with Gasteiger partial charge in [0.15, 0.2) is 5.82 Å². The van der Waals surface area contributed by atoms with Crippen LogP contribution in [0.25, 0.3) is 0 Å². The van der Waals surface area contributed by atoms with Crippen molar-refractivity contribution in [2.45, 2.75) is 6.42 Å². The maximum atomic E-state index is 7.07. The summed E-state index contributed by atoms with van der Waals surface area (Å²) in [4.78, 5) is 1.91. The number of nitrogens with two attached hydrogens (primary N) is 1. The van der Waals surface area contributed by atoms with Gasteiger partial charge in [0.05, 0.1) is 5.84 Å². The SMILES string of the molecule is CN(CCC(=N)N)c1cccnn1. The van der Waals surface area contributed by atoms with Gasteiger partial charge in [0, 0.05) is 26.2 Å². The molecule has 0 aliphatic rings. The van der Waals surface area contributed by atoms with Crippen molar-refractivity contribution in [1.82, 2.24) is 10.2 Å². The first-order valence-electron chi connectivity index (χ1n) is 4.02. The molecule has 70 valence electrons. The van der Waals surface area contributed by atoms with Crippen LogP contribution < -0.4 is 10.6 Å². The number of hydrogen-bond donors (Lipinski definition) is 2. The summed E-state index contributed by atoms with van der Waals surface area (Å²) in [7, 11) is 1.90. The molecule has 0 atom stereocenters. The molecule has 13 heavy (non-hydrogen) atoms. The van der Waals surface area contributed by atoms with E-state index in [1.165, 1.54) is 0 Å². The van der Waals surface area contributed by atoms with Crippen molar-refractivity contribution in [2.24, 2.45) is 5.73 Å². The predicted octanol–water partition coefficient (Wildman–Crippen LogP) is 0.239. The molecule has 1 rings (SSSR count).